The molecule has 0 aliphatic carbocycles. The Hall–Kier alpha value is -1.59. The molecule has 1 aliphatic heterocycles. The van der Waals surface area contributed by atoms with E-state index in [9.17, 15) is 4.79 Å². The lowest BCUT2D eigenvalue weighted by Crippen LogP contribution is -2.45. The molecular formula is C15H21NO4. The average molecular weight is 279 g/mol. The van der Waals surface area contributed by atoms with Crippen LogP contribution in [0.15, 0.2) is 24.3 Å². The van der Waals surface area contributed by atoms with E-state index in [1.165, 1.54) is 0 Å². The second-order valence-electron chi connectivity index (χ2n) is 4.74. The molecule has 1 unspecified atom stereocenters. The summed E-state index contributed by atoms with van der Waals surface area (Å²) in [5.41, 5.74) is 1.02. The second-order valence-corrected chi connectivity index (χ2v) is 4.74. The van der Waals surface area contributed by atoms with Crippen LogP contribution in [0, 0.1) is 0 Å². The maximum atomic E-state index is 12.1. The highest BCUT2D eigenvalue weighted by molar-refractivity contribution is 5.80. The third kappa shape index (κ3) is 3.95. The summed E-state index contributed by atoms with van der Waals surface area (Å²) in [5, 5.41) is 0. The molecule has 1 fully saturated rings. The first-order valence-corrected chi connectivity index (χ1v) is 6.82. The van der Waals surface area contributed by atoms with Gasteiger partial charge in [0.15, 0.2) is 0 Å². The topological polar surface area (TPSA) is 48.0 Å². The lowest BCUT2D eigenvalue weighted by Gasteiger charge is -2.29. The van der Waals surface area contributed by atoms with Crippen molar-refractivity contribution in [3.05, 3.63) is 29.8 Å². The van der Waals surface area contributed by atoms with Gasteiger partial charge in [0, 0.05) is 13.1 Å². The van der Waals surface area contributed by atoms with Crippen molar-refractivity contribution in [1.82, 2.24) is 4.90 Å². The van der Waals surface area contributed by atoms with E-state index in [4.69, 9.17) is 14.2 Å². The highest BCUT2D eigenvalue weighted by Crippen LogP contribution is 2.13. The normalized spacial score (nSPS) is 16.8. The summed E-state index contributed by atoms with van der Waals surface area (Å²) in [6.07, 6.45) is -0.435. The van der Waals surface area contributed by atoms with E-state index in [-0.39, 0.29) is 5.91 Å². The first-order chi connectivity index (χ1) is 9.70. The van der Waals surface area contributed by atoms with Crippen molar-refractivity contribution in [2.45, 2.75) is 19.6 Å². The molecule has 0 N–H and O–H groups in total. The lowest BCUT2D eigenvalue weighted by atomic mass is 10.2. The van der Waals surface area contributed by atoms with E-state index in [0.717, 1.165) is 11.3 Å². The Balaban J connectivity index is 1.81. The quantitative estimate of drug-likeness (QED) is 0.818. The molecule has 0 radical (unpaired) electrons. The Morgan fingerprint density at radius 2 is 1.95 bits per heavy atom. The smallest absolute Gasteiger partial charge is 0.251 e. The maximum Gasteiger partial charge on any atom is 0.251 e. The molecule has 0 spiro atoms. The molecule has 1 amide bonds. The molecule has 20 heavy (non-hydrogen) atoms. The van der Waals surface area contributed by atoms with Crippen molar-refractivity contribution in [3.63, 3.8) is 0 Å². The number of methoxy groups -OCH3 is 1. The number of hydrogen-bond acceptors (Lipinski definition) is 4. The third-order valence-corrected chi connectivity index (χ3v) is 3.33. The van der Waals surface area contributed by atoms with Crippen LogP contribution in [0.1, 0.15) is 12.5 Å². The number of hydrogen-bond donors (Lipinski definition) is 0. The standard InChI is InChI=1S/C15H21NO4/c1-12(15(17)16-7-9-19-10-8-16)20-11-13-3-5-14(18-2)6-4-13/h3-6,12H,7-11H2,1-2H3. The predicted molar refractivity (Wildman–Crippen MR) is 74.6 cm³/mol. The Kier molecular flexibility index (Phi) is 5.38. The van der Waals surface area contributed by atoms with Gasteiger partial charge in [-0.15, -0.1) is 0 Å². The second kappa shape index (κ2) is 7.26. The zero-order valence-electron chi connectivity index (χ0n) is 12.0. The number of carbonyl (C=O) groups excluding carboxylic acids is 1. The Labute approximate surface area is 119 Å². The van der Waals surface area contributed by atoms with Crippen LogP contribution in [0.2, 0.25) is 0 Å². The molecule has 1 atom stereocenters. The molecule has 2 rings (SSSR count). The summed E-state index contributed by atoms with van der Waals surface area (Å²) in [4.78, 5) is 13.9. The molecule has 0 saturated carbocycles. The summed E-state index contributed by atoms with van der Waals surface area (Å²) in [6, 6.07) is 7.63. The van der Waals surface area contributed by atoms with Gasteiger partial charge in [-0.05, 0) is 24.6 Å². The van der Waals surface area contributed by atoms with Gasteiger partial charge < -0.3 is 19.1 Å². The number of morpholine rings is 1. The number of ether oxygens (including phenoxy) is 3. The van der Waals surface area contributed by atoms with Gasteiger partial charge in [-0.25, -0.2) is 0 Å². The third-order valence-electron chi connectivity index (χ3n) is 3.33. The Morgan fingerprint density at radius 1 is 1.30 bits per heavy atom. The molecular weight excluding hydrogens is 258 g/mol. The van der Waals surface area contributed by atoms with Gasteiger partial charge >= 0.3 is 0 Å². The summed E-state index contributed by atoms with van der Waals surface area (Å²) in [7, 11) is 1.63. The maximum absolute atomic E-state index is 12.1. The van der Waals surface area contributed by atoms with Crippen LogP contribution in [-0.2, 0) is 20.9 Å². The molecule has 1 aromatic rings. The van der Waals surface area contributed by atoms with E-state index in [0.29, 0.717) is 32.9 Å². The number of carbonyl (C=O) groups is 1. The van der Waals surface area contributed by atoms with Crippen molar-refractivity contribution in [3.8, 4) is 5.75 Å². The highest BCUT2D eigenvalue weighted by atomic mass is 16.5. The molecule has 5 heteroatoms. The number of nitrogens with zero attached hydrogens (tertiary/aromatic N) is 1. The van der Waals surface area contributed by atoms with Gasteiger partial charge in [-0.1, -0.05) is 12.1 Å². The van der Waals surface area contributed by atoms with Crippen molar-refractivity contribution < 1.29 is 19.0 Å². The van der Waals surface area contributed by atoms with Crippen molar-refractivity contribution in [1.29, 1.82) is 0 Å². The van der Waals surface area contributed by atoms with Crippen LogP contribution in [0.5, 0.6) is 5.75 Å². The fourth-order valence-corrected chi connectivity index (χ4v) is 2.06. The largest absolute Gasteiger partial charge is 0.497 e. The minimum absolute atomic E-state index is 0.0295. The molecule has 1 aliphatic rings. The zero-order valence-corrected chi connectivity index (χ0v) is 12.0. The van der Waals surface area contributed by atoms with Crippen molar-refractivity contribution >= 4 is 5.91 Å². The van der Waals surface area contributed by atoms with Gasteiger partial charge in [0.05, 0.1) is 26.9 Å². The summed E-state index contributed by atoms with van der Waals surface area (Å²) < 4.78 is 16.0. The van der Waals surface area contributed by atoms with Crippen LogP contribution in [0.3, 0.4) is 0 Å². The van der Waals surface area contributed by atoms with Crippen LogP contribution in [-0.4, -0.2) is 50.3 Å². The molecule has 1 aromatic carbocycles. The zero-order chi connectivity index (χ0) is 14.4. The van der Waals surface area contributed by atoms with E-state index in [1.54, 1.807) is 18.9 Å². The van der Waals surface area contributed by atoms with E-state index in [1.807, 2.05) is 24.3 Å². The fourth-order valence-electron chi connectivity index (χ4n) is 2.06. The van der Waals surface area contributed by atoms with Gasteiger partial charge in [-0.2, -0.15) is 0 Å². The van der Waals surface area contributed by atoms with Gasteiger partial charge in [0.1, 0.15) is 11.9 Å². The summed E-state index contributed by atoms with van der Waals surface area (Å²) >= 11 is 0. The van der Waals surface area contributed by atoms with Gasteiger partial charge in [-0.3, -0.25) is 4.79 Å². The first-order valence-electron chi connectivity index (χ1n) is 6.82. The van der Waals surface area contributed by atoms with E-state index in [2.05, 4.69) is 0 Å². The Bertz CT molecular complexity index is 426. The minimum atomic E-state index is -0.435. The molecule has 5 nitrogen and oxygen atoms in total. The van der Waals surface area contributed by atoms with Crippen LogP contribution in [0.25, 0.3) is 0 Å². The van der Waals surface area contributed by atoms with E-state index < -0.39 is 6.10 Å². The highest BCUT2D eigenvalue weighted by Gasteiger charge is 2.22. The molecule has 0 aromatic heterocycles. The van der Waals surface area contributed by atoms with Crippen molar-refractivity contribution in [2.24, 2.45) is 0 Å². The lowest BCUT2D eigenvalue weighted by molar-refractivity contribution is -0.147. The fraction of sp³-hybridized carbons (Fsp3) is 0.533. The van der Waals surface area contributed by atoms with Crippen molar-refractivity contribution in [2.75, 3.05) is 33.4 Å². The minimum Gasteiger partial charge on any atom is -0.497 e. The predicted octanol–water partition coefficient (Wildman–Crippen LogP) is 1.46. The SMILES string of the molecule is COc1ccc(COC(C)C(=O)N2CCOCC2)cc1. The van der Waals surface area contributed by atoms with Gasteiger partial charge in [0.2, 0.25) is 0 Å². The monoisotopic (exact) mass is 279 g/mol. The summed E-state index contributed by atoms with van der Waals surface area (Å²) in [6.45, 7) is 4.72. The molecule has 1 saturated heterocycles. The molecule has 110 valence electrons. The number of rotatable bonds is 5. The molecule has 0 bridgehead atoms. The van der Waals surface area contributed by atoms with Crippen LogP contribution < -0.4 is 4.74 Å². The average Bonchev–Trinajstić information content (AvgIpc) is 2.53. The first kappa shape index (κ1) is 14.8. The summed E-state index contributed by atoms with van der Waals surface area (Å²) in [5.74, 6) is 0.841. The van der Waals surface area contributed by atoms with E-state index >= 15 is 0 Å². The number of amides is 1. The van der Waals surface area contributed by atoms with Gasteiger partial charge in [0.25, 0.3) is 5.91 Å². The Morgan fingerprint density at radius 3 is 2.55 bits per heavy atom. The van der Waals surface area contributed by atoms with Crippen LogP contribution in [0.4, 0.5) is 0 Å². The van der Waals surface area contributed by atoms with Crippen LogP contribution >= 0.6 is 0 Å². The number of benzene rings is 1. The molecule has 1 heterocycles.